The van der Waals surface area contributed by atoms with Crippen molar-refractivity contribution >= 4 is 23.2 Å². The fraction of sp³-hybridized carbons (Fsp3) is 0.455. The zero-order valence-corrected chi connectivity index (χ0v) is 10.4. The van der Waals surface area contributed by atoms with Gasteiger partial charge in [-0.1, -0.05) is 23.2 Å². The van der Waals surface area contributed by atoms with Crippen molar-refractivity contribution in [3.05, 3.63) is 27.7 Å². The van der Waals surface area contributed by atoms with Gasteiger partial charge in [-0.05, 0) is 51.2 Å². The van der Waals surface area contributed by atoms with Crippen LogP contribution in [0.1, 0.15) is 12.0 Å². The first kappa shape index (κ1) is 12.6. The molecule has 4 heteroatoms. The van der Waals surface area contributed by atoms with Crippen LogP contribution in [-0.4, -0.2) is 30.6 Å². The number of halogens is 2. The first-order chi connectivity index (χ1) is 7.00. The zero-order chi connectivity index (χ0) is 11.4. The molecule has 1 aromatic carbocycles. The standard InChI is InChI=1S/C11H15Cl2NO/c1-14(2)5-3-4-9-10(12)6-8(15)7-11(9)13/h6-7,15H,3-5H2,1-2H3. The number of nitrogens with zero attached hydrogens (tertiary/aromatic N) is 1. The van der Waals surface area contributed by atoms with E-state index in [-0.39, 0.29) is 5.75 Å². The average molecular weight is 248 g/mol. The average Bonchev–Trinajstić information content (AvgIpc) is 2.08. The van der Waals surface area contributed by atoms with E-state index in [1.54, 1.807) is 0 Å². The zero-order valence-electron chi connectivity index (χ0n) is 8.93. The number of hydrogen-bond acceptors (Lipinski definition) is 2. The third-order valence-electron chi connectivity index (χ3n) is 2.16. The number of rotatable bonds is 4. The summed E-state index contributed by atoms with van der Waals surface area (Å²) in [4.78, 5) is 2.11. The number of benzene rings is 1. The topological polar surface area (TPSA) is 23.5 Å². The summed E-state index contributed by atoms with van der Waals surface area (Å²) in [6.07, 6.45) is 1.83. The Morgan fingerprint density at radius 1 is 1.20 bits per heavy atom. The second-order valence-electron chi connectivity index (χ2n) is 3.79. The van der Waals surface area contributed by atoms with Gasteiger partial charge in [0.25, 0.3) is 0 Å². The second-order valence-corrected chi connectivity index (χ2v) is 4.61. The van der Waals surface area contributed by atoms with Crippen molar-refractivity contribution in [3.8, 4) is 5.75 Å². The summed E-state index contributed by atoms with van der Waals surface area (Å²) in [5.74, 6) is 0.112. The highest BCUT2D eigenvalue weighted by atomic mass is 35.5. The Balaban J connectivity index is 2.68. The van der Waals surface area contributed by atoms with E-state index in [9.17, 15) is 5.11 Å². The van der Waals surface area contributed by atoms with Gasteiger partial charge in [0, 0.05) is 10.0 Å². The lowest BCUT2D eigenvalue weighted by molar-refractivity contribution is 0.400. The van der Waals surface area contributed by atoms with E-state index in [1.165, 1.54) is 12.1 Å². The molecule has 15 heavy (non-hydrogen) atoms. The minimum atomic E-state index is 0.112. The van der Waals surface area contributed by atoms with E-state index < -0.39 is 0 Å². The summed E-state index contributed by atoms with van der Waals surface area (Å²) in [6, 6.07) is 3.05. The number of hydrogen-bond donors (Lipinski definition) is 1. The summed E-state index contributed by atoms with van der Waals surface area (Å²) in [5, 5.41) is 10.3. The first-order valence-electron chi connectivity index (χ1n) is 4.82. The van der Waals surface area contributed by atoms with Crippen molar-refractivity contribution < 1.29 is 5.11 Å². The second kappa shape index (κ2) is 5.59. The van der Waals surface area contributed by atoms with Crippen LogP contribution in [0.15, 0.2) is 12.1 Å². The van der Waals surface area contributed by atoms with Crippen LogP contribution in [0.25, 0.3) is 0 Å². The minimum Gasteiger partial charge on any atom is -0.508 e. The lowest BCUT2D eigenvalue weighted by Crippen LogP contribution is -2.13. The summed E-state index contributed by atoms with van der Waals surface area (Å²) >= 11 is 12.0. The molecule has 0 aromatic heterocycles. The largest absolute Gasteiger partial charge is 0.508 e. The summed E-state index contributed by atoms with van der Waals surface area (Å²) in [7, 11) is 4.06. The van der Waals surface area contributed by atoms with Crippen molar-refractivity contribution in [1.82, 2.24) is 4.90 Å². The van der Waals surface area contributed by atoms with Crippen molar-refractivity contribution in [1.29, 1.82) is 0 Å². The van der Waals surface area contributed by atoms with Crippen LogP contribution in [0.5, 0.6) is 5.75 Å². The van der Waals surface area contributed by atoms with Crippen LogP contribution in [0, 0.1) is 0 Å². The fourth-order valence-corrected chi connectivity index (χ4v) is 2.07. The van der Waals surface area contributed by atoms with Crippen LogP contribution >= 0.6 is 23.2 Å². The molecule has 84 valence electrons. The Morgan fingerprint density at radius 3 is 2.20 bits per heavy atom. The molecule has 0 saturated heterocycles. The summed E-state index contributed by atoms with van der Waals surface area (Å²) in [5.41, 5.74) is 0.915. The molecule has 1 rings (SSSR count). The molecule has 0 fully saturated rings. The highest BCUT2D eigenvalue weighted by molar-refractivity contribution is 6.36. The molecule has 1 aromatic rings. The van der Waals surface area contributed by atoms with Crippen LogP contribution in [0.3, 0.4) is 0 Å². The third kappa shape index (κ3) is 3.90. The van der Waals surface area contributed by atoms with Crippen LogP contribution < -0.4 is 0 Å². The molecule has 0 spiro atoms. The molecule has 0 atom stereocenters. The predicted molar refractivity (Wildman–Crippen MR) is 65.0 cm³/mol. The molecule has 0 aliphatic rings. The van der Waals surface area contributed by atoms with Crippen molar-refractivity contribution in [2.75, 3.05) is 20.6 Å². The monoisotopic (exact) mass is 247 g/mol. The molecule has 0 bridgehead atoms. The molecule has 2 nitrogen and oxygen atoms in total. The van der Waals surface area contributed by atoms with Crippen LogP contribution in [0.4, 0.5) is 0 Å². The number of phenols is 1. The minimum absolute atomic E-state index is 0.112. The van der Waals surface area contributed by atoms with Crippen LogP contribution in [0.2, 0.25) is 10.0 Å². The fourth-order valence-electron chi connectivity index (χ4n) is 1.40. The first-order valence-corrected chi connectivity index (χ1v) is 5.58. The highest BCUT2D eigenvalue weighted by Crippen LogP contribution is 2.30. The Labute approximate surface area is 100 Å². The normalized spacial score (nSPS) is 11.0. The van der Waals surface area contributed by atoms with E-state index in [0.29, 0.717) is 10.0 Å². The van der Waals surface area contributed by atoms with E-state index in [4.69, 9.17) is 23.2 Å². The van der Waals surface area contributed by atoms with Gasteiger partial charge in [-0.2, -0.15) is 0 Å². The molecule has 1 N–H and O–H groups in total. The lowest BCUT2D eigenvalue weighted by atomic mass is 10.1. The van der Waals surface area contributed by atoms with Gasteiger partial charge in [0.15, 0.2) is 0 Å². The maximum atomic E-state index is 9.25. The molecule has 0 saturated carbocycles. The van der Waals surface area contributed by atoms with E-state index in [2.05, 4.69) is 4.90 Å². The van der Waals surface area contributed by atoms with E-state index >= 15 is 0 Å². The Morgan fingerprint density at radius 2 is 1.73 bits per heavy atom. The third-order valence-corrected chi connectivity index (χ3v) is 2.83. The molecule has 0 aliphatic carbocycles. The summed E-state index contributed by atoms with van der Waals surface area (Å²) in [6.45, 7) is 0.994. The van der Waals surface area contributed by atoms with Crippen LogP contribution in [-0.2, 0) is 6.42 Å². The highest BCUT2D eigenvalue weighted by Gasteiger charge is 2.07. The van der Waals surface area contributed by atoms with Gasteiger partial charge in [0.1, 0.15) is 5.75 Å². The molecular weight excluding hydrogens is 233 g/mol. The van der Waals surface area contributed by atoms with Gasteiger partial charge in [-0.3, -0.25) is 0 Å². The Hall–Kier alpha value is -0.440. The quantitative estimate of drug-likeness (QED) is 0.884. The maximum absolute atomic E-state index is 9.25. The molecule has 0 aliphatic heterocycles. The van der Waals surface area contributed by atoms with Gasteiger partial charge < -0.3 is 10.0 Å². The maximum Gasteiger partial charge on any atom is 0.118 e. The van der Waals surface area contributed by atoms with Crippen molar-refractivity contribution in [2.45, 2.75) is 12.8 Å². The van der Waals surface area contributed by atoms with Crippen molar-refractivity contribution in [3.63, 3.8) is 0 Å². The van der Waals surface area contributed by atoms with Gasteiger partial charge >= 0.3 is 0 Å². The lowest BCUT2D eigenvalue weighted by Gasteiger charge is -2.11. The van der Waals surface area contributed by atoms with Gasteiger partial charge in [0.2, 0.25) is 0 Å². The SMILES string of the molecule is CN(C)CCCc1c(Cl)cc(O)cc1Cl. The number of phenolic OH excluding ortho intramolecular Hbond substituents is 1. The smallest absolute Gasteiger partial charge is 0.118 e. The predicted octanol–water partition coefficient (Wildman–Crippen LogP) is 3.19. The number of aromatic hydroxyl groups is 1. The molecular formula is C11H15Cl2NO. The Kier molecular flexibility index (Phi) is 4.71. The molecule has 0 amide bonds. The molecule has 0 radical (unpaired) electrons. The Bertz CT molecular complexity index is 316. The van der Waals surface area contributed by atoms with Crippen molar-refractivity contribution in [2.24, 2.45) is 0 Å². The van der Waals surface area contributed by atoms with Gasteiger partial charge in [0.05, 0.1) is 0 Å². The van der Waals surface area contributed by atoms with E-state index in [1.807, 2.05) is 14.1 Å². The molecule has 0 heterocycles. The summed E-state index contributed by atoms with van der Waals surface area (Å²) < 4.78 is 0. The van der Waals surface area contributed by atoms with Gasteiger partial charge in [-0.25, -0.2) is 0 Å². The molecule has 0 unspecified atom stereocenters. The van der Waals surface area contributed by atoms with E-state index in [0.717, 1.165) is 24.9 Å². The van der Waals surface area contributed by atoms with Gasteiger partial charge in [-0.15, -0.1) is 0 Å².